The summed E-state index contributed by atoms with van der Waals surface area (Å²) >= 11 is 0. The second-order valence-electron chi connectivity index (χ2n) is 5.41. The first kappa shape index (κ1) is 15.9. The number of hydrogen-bond acceptors (Lipinski definition) is 3. The predicted octanol–water partition coefficient (Wildman–Crippen LogP) is 3.86. The van der Waals surface area contributed by atoms with Crippen molar-refractivity contribution < 1.29 is 18.1 Å². The number of carbonyl (C=O) groups excluding carboxylic acids is 1. The molecule has 0 aliphatic rings. The summed E-state index contributed by atoms with van der Waals surface area (Å²) in [5.41, 5.74) is 2.29. The SMILES string of the molecule is Cc1cccc(-c2cc(C(=O)NCc3cc(F)cc(F)c3)no2)c1. The summed E-state index contributed by atoms with van der Waals surface area (Å²) in [7, 11) is 0. The molecule has 0 aliphatic carbocycles. The van der Waals surface area contributed by atoms with Crippen molar-refractivity contribution in [2.75, 3.05) is 0 Å². The highest BCUT2D eigenvalue weighted by atomic mass is 19.1. The number of aromatic nitrogens is 1. The van der Waals surface area contributed by atoms with Gasteiger partial charge in [-0.25, -0.2) is 8.78 Å². The zero-order valence-electron chi connectivity index (χ0n) is 12.8. The van der Waals surface area contributed by atoms with Gasteiger partial charge in [0, 0.05) is 24.2 Å². The van der Waals surface area contributed by atoms with Crippen LogP contribution < -0.4 is 5.32 Å². The summed E-state index contributed by atoms with van der Waals surface area (Å²) in [5.74, 6) is -1.40. The van der Waals surface area contributed by atoms with Crippen LogP contribution in [0.15, 0.2) is 53.1 Å². The molecular formula is C18H14F2N2O2. The Hall–Kier alpha value is -3.02. The molecule has 1 heterocycles. The van der Waals surface area contributed by atoms with Crippen LogP contribution in [-0.2, 0) is 6.54 Å². The van der Waals surface area contributed by atoms with Crippen LogP contribution in [0, 0.1) is 18.6 Å². The van der Waals surface area contributed by atoms with Gasteiger partial charge in [0.2, 0.25) is 0 Å². The minimum atomic E-state index is -0.692. The summed E-state index contributed by atoms with van der Waals surface area (Å²) in [4.78, 5) is 12.1. The maximum Gasteiger partial charge on any atom is 0.273 e. The average Bonchev–Trinajstić information content (AvgIpc) is 3.02. The molecule has 1 amide bonds. The van der Waals surface area contributed by atoms with E-state index in [1.54, 1.807) is 0 Å². The van der Waals surface area contributed by atoms with E-state index in [0.717, 1.165) is 29.3 Å². The zero-order valence-corrected chi connectivity index (χ0v) is 12.8. The first-order valence-electron chi connectivity index (χ1n) is 7.28. The van der Waals surface area contributed by atoms with Crippen LogP contribution in [0.2, 0.25) is 0 Å². The molecule has 0 unspecified atom stereocenters. The normalized spacial score (nSPS) is 10.6. The quantitative estimate of drug-likeness (QED) is 0.791. The first-order chi connectivity index (χ1) is 11.5. The Morgan fingerprint density at radius 2 is 1.88 bits per heavy atom. The molecule has 122 valence electrons. The van der Waals surface area contributed by atoms with Crippen molar-refractivity contribution in [3.8, 4) is 11.3 Å². The van der Waals surface area contributed by atoms with Gasteiger partial charge in [-0.05, 0) is 30.7 Å². The molecule has 0 saturated carbocycles. The lowest BCUT2D eigenvalue weighted by Gasteiger charge is -2.03. The van der Waals surface area contributed by atoms with Gasteiger partial charge in [0.05, 0.1) is 0 Å². The van der Waals surface area contributed by atoms with Gasteiger partial charge >= 0.3 is 0 Å². The van der Waals surface area contributed by atoms with Crippen LogP contribution in [-0.4, -0.2) is 11.1 Å². The van der Waals surface area contributed by atoms with Gasteiger partial charge < -0.3 is 9.84 Å². The number of hydrogen-bond donors (Lipinski definition) is 1. The third kappa shape index (κ3) is 3.65. The molecule has 4 nitrogen and oxygen atoms in total. The van der Waals surface area contributed by atoms with Gasteiger partial charge in [-0.3, -0.25) is 4.79 Å². The Morgan fingerprint density at radius 1 is 1.12 bits per heavy atom. The fraction of sp³-hybridized carbons (Fsp3) is 0.111. The maximum atomic E-state index is 13.1. The minimum Gasteiger partial charge on any atom is -0.355 e. The number of nitrogens with one attached hydrogen (secondary N) is 1. The van der Waals surface area contributed by atoms with E-state index in [1.807, 2.05) is 31.2 Å². The number of halogens is 2. The Kier molecular flexibility index (Phi) is 4.37. The molecule has 0 aliphatic heterocycles. The lowest BCUT2D eigenvalue weighted by molar-refractivity contribution is 0.0942. The summed E-state index contributed by atoms with van der Waals surface area (Å²) < 4.78 is 31.4. The number of rotatable bonds is 4. The van der Waals surface area contributed by atoms with E-state index in [-0.39, 0.29) is 12.2 Å². The van der Waals surface area contributed by atoms with Gasteiger partial charge in [0.25, 0.3) is 5.91 Å². The van der Waals surface area contributed by atoms with Gasteiger partial charge in [-0.2, -0.15) is 0 Å². The summed E-state index contributed by atoms with van der Waals surface area (Å²) in [5, 5.41) is 6.29. The standard InChI is InChI=1S/C18H14F2N2O2/c1-11-3-2-4-13(5-11)17-9-16(22-24-17)18(23)21-10-12-6-14(19)8-15(20)7-12/h2-9H,10H2,1H3,(H,21,23). The molecule has 24 heavy (non-hydrogen) atoms. The highest BCUT2D eigenvalue weighted by Crippen LogP contribution is 2.21. The van der Waals surface area contributed by atoms with E-state index in [0.29, 0.717) is 11.3 Å². The van der Waals surface area contributed by atoms with Crippen molar-refractivity contribution in [1.82, 2.24) is 10.5 Å². The lowest BCUT2D eigenvalue weighted by Crippen LogP contribution is -2.23. The molecule has 0 radical (unpaired) electrons. The van der Waals surface area contributed by atoms with Crippen LogP contribution in [0.4, 0.5) is 8.78 Å². The Labute approximate surface area is 137 Å². The monoisotopic (exact) mass is 328 g/mol. The minimum absolute atomic E-state index is 0.0137. The molecule has 0 atom stereocenters. The molecule has 0 bridgehead atoms. The summed E-state index contributed by atoms with van der Waals surface area (Å²) in [6.07, 6.45) is 0. The van der Waals surface area contributed by atoms with E-state index in [2.05, 4.69) is 10.5 Å². The fourth-order valence-electron chi connectivity index (χ4n) is 2.30. The highest BCUT2D eigenvalue weighted by Gasteiger charge is 2.14. The number of benzene rings is 2. The van der Waals surface area contributed by atoms with E-state index in [1.165, 1.54) is 6.07 Å². The number of carbonyl (C=O) groups is 1. The molecule has 6 heteroatoms. The molecule has 1 aromatic heterocycles. The van der Waals surface area contributed by atoms with Crippen LogP contribution in [0.1, 0.15) is 21.6 Å². The van der Waals surface area contributed by atoms with E-state index < -0.39 is 17.5 Å². The second-order valence-corrected chi connectivity index (χ2v) is 5.41. The Morgan fingerprint density at radius 3 is 2.58 bits per heavy atom. The van der Waals surface area contributed by atoms with Crippen molar-refractivity contribution in [3.63, 3.8) is 0 Å². The van der Waals surface area contributed by atoms with Gasteiger partial charge in [-0.15, -0.1) is 0 Å². The first-order valence-corrected chi connectivity index (χ1v) is 7.28. The van der Waals surface area contributed by atoms with E-state index in [4.69, 9.17) is 4.52 Å². The van der Waals surface area contributed by atoms with Crippen LogP contribution in [0.25, 0.3) is 11.3 Å². The van der Waals surface area contributed by atoms with Gasteiger partial charge in [0.1, 0.15) is 11.6 Å². The largest absolute Gasteiger partial charge is 0.355 e. The van der Waals surface area contributed by atoms with E-state index >= 15 is 0 Å². The average molecular weight is 328 g/mol. The lowest BCUT2D eigenvalue weighted by atomic mass is 10.1. The summed E-state index contributed by atoms with van der Waals surface area (Å²) in [6, 6.07) is 12.2. The van der Waals surface area contributed by atoms with Crippen molar-refractivity contribution in [3.05, 3.63) is 77.0 Å². The number of nitrogens with zero attached hydrogens (tertiary/aromatic N) is 1. The second kappa shape index (κ2) is 6.62. The van der Waals surface area contributed by atoms with Crippen molar-refractivity contribution in [2.45, 2.75) is 13.5 Å². The van der Waals surface area contributed by atoms with Gasteiger partial charge in [-0.1, -0.05) is 28.9 Å². The van der Waals surface area contributed by atoms with Crippen molar-refractivity contribution in [1.29, 1.82) is 0 Å². The van der Waals surface area contributed by atoms with Crippen molar-refractivity contribution >= 4 is 5.91 Å². The number of amides is 1. The molecule has 3 rings (SSSR count). The Balaban J connectivity index is 1.70. The molecule has 2 aromatic carbocycles. The highest BCUT2D eigenvalue weighted by molar-refractivity contribution is 5.93. The fourth-order valence-corrected chi connectivity index (χ4v) is 2.30. The zero-order chi connectivity index (χ0) is 17.1. The number of aryl methyl sites for hydroxylation is 1. The third-order valence-electron chi connectivity index (χ3n) is 3.42. The molecule has 0 spiro atoms. The molecule has 3 aromatic rings. The molecular weight excluding hydrogens is 314 g/mol. The smallest absolute Gasteiger partial charge is 0.273 e. The van der Waals surface area contributed by atoms with Crippen LogP contribution in [0.5, 0.6) is 0 Å². The summed E-state index contributed by atoms with van der Waals surface area (Å²) in [6.45, 7) is 1.94. The maximum absolute atomic E-state index is 13.1. The molecule has 0 fully saturated rings. The Bertz CT molecular complexity index is 870. The van der Waals surface area contributed by atoms with Crippen LogP contribution in [0.3, 0.4) is 0 Å². The van der Waals surface area contributed by atoms with E-state index in [9.17, 15) is 13.6 Å². The van der Waals surface area contributed by atoms with Gasteiger partial charge in [0.15, 0.2) is 11.5 Å². The topological polar surface area (TPSA) is 55.1 Å². The third-order valence-corrected chi connectivity index (χ3v) is 3.42. The van der Waals surface area contributed by atoms with Crippen LogP contribution >= 0.6 is 0 Å². The predicted molar refractivity (Wildman–Crippen MR) is 84.2 cm³/mol. The van der Waals surface area contributed by atoms with Crippen molar-refractivity contribution in [2.24, 2.45) is 0 Å². The molecule has 1 N–H and O–H groups in total. The molecule has 0 saturated heterocycles.